The third kappa shape index (κ3) is 6.57. The fourth-order valence-electron chi connectivity index (χ4n) is 3.19. The van der Waals surface area contributed by atoms with Crippen LogP contribution >= 0.6 is 11.6 Å². The molecule has 6 nitrogen and oxygen atoms in total. The van der Waals surface area contributed by atoms with Gasteiger partial charge in [-0.15, -0.1) is 0 Å². The van der Waals surface area contributed by atoms with E-state index < -0.39 is 35.4 Å². The molecule has 172 valence electrons. The summed E-state index contributed by atoms with van der Waals surface area (Å²) in [5.74, 6) is -1.37. The van der Waals surface area contributed by atoms with Gasteiger partial charge in [0, 0.05) is 24.3 Å². The smallest absolute Gasteiger partial charge is 0.416 e. The lowest BCUT2D eigenvalue weighted by atomic mass is 10.00. The van der Waals surface area contributed by atoms with Crippen molar-refractivity contribution in [1.82, 2.24) is 10.6 Å². The molecule has 0 spiro atoms. The number of carbonyl (C=O) groups is 2. The number of hydrogen-bond donors (Lipinski definition) is 3. The number of alkyl halides is 3. The van der Waals surface area contributed by atoms with Gasteiger partial charge in [-0.3, -0.25) is 9.59 Å². The standard InChI is InChI=1S/C21H20ClF4N3O3/c22-16-6-5-15(9-17(16)23)32-11-19(30)28-14-4-7-18(27-10-14)20(31)29-13-3-1-2-12(8-13)21(24,25)26/h1-3,5-6,8-9,14,18,27H,4,7,10-11H2,(H,28,30)(H,29,31)/t14-,18+/m0/s1. The summed E-state index contributed by atoms with van der Waals surface area (Å²) in [7, 11) is 0. The molecule has 2 aromatic carbocycles. The van der Waals surface area contributed by atoms with E-state index in [-0.39, 0.29) is 29.1 Å². The van der Waals surface area contributed by atoms with Crippen LogP contribution in [-0.4, -0.2) is 37.0 Å². The molecule has 11 heteroatoms. The lowest BCUT2D eigenvalue weighted by Gasteiger charge is -2.29. The van der Waals surface area contributed by atoms with Crippen LogP contribution in [0.1, 0.15) is 18.4 Å². The first-order valence-electron chi connectivity index (χ1n) is 9.70. The Morgan fingerprint density at radius 3 is 2.59 bits per heavy atom. The minimum Gasteiger partial charge on any atom is -0.484 e. The molecule has 0 radical (unpaired) electrons. The van der Waals surface area contributed by atoms with Crippen LogP contribution in [0.25, 0.3) is 0 Å². The van der Waals surface area contributed by atoms with Crippen molar-refractivity contribution in [2.24, 2.45) is 0 Å². The van der Waals surface area contributed by atoms with Crippen LogP contribution in [0.5, 0.6) is 5.75 Å². The Balaban J connectivity index is 1.43. The highest BCUT2D eigenvalue weighted by atomic mass is 35.5. The first-order valence-corrected chi connectivity index (χ1v) is 10.1. The SMILES string of the molecule is O=C(COc1ccc(Cl)c(F)c1)N[C@H]1CC[C@H](C(=O)Nc2cccc(C(F)(F)F)c2)NC1. The van der Waals surface area contributed by atoms with Crippen LogP contribution in [0.15, 0.2) is 42.5 Å². The van der Waals surface area contributed by atoms with Crippen molar-refractivity contribution in [3.63, 3.8) is 0 Å². The second kappa shape index (κ2) is 10.2. The highest BCUT2D eigenvalue weighted by Gasteiger charge is 2.31. The molecule has 0 aliphatic carbocycles. The zero-order valence-corrected chi connectivity index (χ0v) is 17.4. The van der Waals surface area contributed by atoms with Crippen LogP contribution < -0.4 is 20.7 Å². The van der Waals surface area contributed by atoms with Crippen LogP contribution in [0.3, 0.4) is 0 Å². The molecule has 1 fully saturated rings. The van der Waals surface area contributed by atoms with Gasteiger partial charge in [-0.25, -0.2) is 4.39 Å². The van der Waals surface area contributed by atoms with Crippen molar-refractivity contribution in [1.29, 1.82) is 0 Å². The van der Waals surface area contributed by atoms with E-state index in [2.05, 4.69) is 16.0 Å². The number of ether oxygens (including phenoxy) is 1. The molecule has 0 saturated carbocycles. The van der Waals surface area contributed by atoms with Crippen molar-refractivity contribution in [3.8, 4) is 5.75 Å². The summed E-state index contributed by atoms with van der Waals surface area (Å²) < 4.78 is 57.0. The summed E-state index contributed by atoms with van der Waals surface area (Å²) in [6, 6.07) is 7.37. The first kappa shape index (κ1) is 23.8. The first-order chi connectivity index (χ1) is 15.1. The third-order valence-electron chi connectivity index (χ3n) is 4.81. The zero-order valence-electron chi connectivity index (χ0n) is 16.6. The van der Waals surface area contributed by atoms with Gasteiger partial charge in [0.05, 0.1) is 16.6 Å². The number of anilines is 1. The van der Waals surface area contributed by atoms with E-state index in [9.17, 15) is 27.2 Å². The van der Waals surface area contributed by atoms with Crippen LogP contribution in [0, 0.1) is 5.82 Å². The molecule has 32 heavy (non-hydrogen) atoms. The number of benzene rings is 2. The number of nitrogens with one attached hydrogen (secondary N) is 3. The Labute approximate surface area is 186 Å². The van der Waals surface area contributed by atoms with Crippen LogP contribution in [0.4, 0.5) is 23.2 Å². The zero-order chi connectivity index (χ0) is 23.3. The minimum absolute atomic E-state index is 0.0536. The third-order valence-corrected chi connectivity index (χ3v) is 5.12. The molecule has 3 rings (SSSR count). The van der Waals surface area contributed by atoms with Crippen LogP contribution in [0.2, 0.25) is 5.02 Å². The Morgan fingerprint density at radius 1 is 1.16 bits per heavy atom. The van der Waals surface area contributed by atoms with Gasteiger partial charge in [-0.2, -0.15) is 13.2 Å². The monoisotopic (exact) mass is 473 g/mol. The van der Waals surface area contributed by atoms with E-state index in [0.717, 1.165) is 18.2 Å². The molecule has 1 saturated heterocycles. The predicted molar refractivity (Wildman–Crippen MR) is 110 cm³/mol. The van der Waals surface area contributed by atoms with Gasteiger partial charge < -0.3 is 20.7 Å². The number of piperidine rings is 1. The largest absolute Gasteiger partial charge is 0.484 e. The fourth-order valence-corrected chi connectivity index (χ4v) is 3.31. The number of halogens is 5. The van der Waals surface area contributed by atoms with E-state index >= 15 is 0 Å². The second-order valence-electron chi connectivity index (χ2n) is 7.24. The summed E-state index contributed by atoms with van der Waals surface area (Å²) in [4.78, 5) is 24.4. The molecule has 1 aliphatic heterocycles. The molecule has 0 aromatic heterocycles. The molecular weight excluding hydrogens is 454 g/mol. The molecule has 0 unspecified atom stereocenters. The highest BCUT2D eigenvalue weighted by molar-refractivity contribution is 6.30. The quantitative estimate of drug-likeness (QED) is 0.558. The van der Waals surface area contributed by atoms with Crippen LogP contribution in [-0.2, 0) is 15.8 Å². The topological polar surface area (TPSA) is 79.5 Å². The molecule has 3 N–H and O–H groups in total. The van der Waals surface area contributed by atoms with E-state index in [1.807, 2.05) is 0 Å². The van der Waals surface area contributed by atoms with Gasteiger partial charge in [0.25, 0.3) is 5.91 Å². The van der Waals surface area contributed by atoms with E-state index in [4.69, 9.17) is 16.3 Å². The Bertz CT molecular complexity index is 979. The molecule has 0 bridgehead atoms. The van der Waals surface area contributed by atoms with E-state index in [1.54, 1.807) is 0 Å². The minimum atomic E-state index is -4.50. The van der Waals surface area contributed by atoms with Gasteiger partial charge in [-0.1, -0.05) is 17.7 Å². The van der Waals surface area contributed by atoms with Gasteiger partial charge in [0.1, 0.15) is 11.6 Å². The lowest BCUT2D eigenvalue weighted by Crippen LogP contribution is -2.53. The molecule has 2 amide bonds. The van der Waals surface area contributed by atoms with Gasteiger partial charge in [0.15, 0.2) is 6.61 Å². The molecule has 1 aliphatic rings. The van der Waals surface area contributed by atoms with Gasteiger partial charge in [-0.05, 0) is 43.2 Å². The van der Waals surface area contributed by atoms with Crippen molar-refractivity contribution >= 4 is 29.1 Å². The lowest BCUT2D eigenvalue weighted by molar-refractivity contribution is -0.137. The summed E-state index contributed by atoms with van der Waals surface area (Å²) in [5, 5.41) is 8.14. The molecule has 2 atom stereocenters. The Kier molecular flexibility index (Phi) is 7.57. The molecule has 2 aromatic rings. The fraction of sp³-hybridized carbons (Fsp3) is 0.333. The molecular formula is C21H20ClF4N3O3. The summed E-state index contributed by atoms with van der Waals surface area (Å²) in [6.07, 6.45) is -3.64. The van der Waals surface area contributed by atoms with Gasteiger partial charge >= 0.3 is 6.18 Å². The maximum absolute atomic E-state index is 13.4. The maximum atomic E-state index is 13.4. The summed E-state index contributed by atoms with van der Waals surface area (Å²) >= 11 is 5.59. The number of amides is 2. The average molecular weight is 474 g/mol. The summed E-state index contributed by atoms with van der Waals surface area (Å²) in [5.41, 5.74) is -0.795. The Morgan fingerprint density at radius 2 is 1.94 bits per heavy atom. The Hall–Kier alpha value is -2.85. The van der Waals surface area contributed by atoms with Crippen molar-refractivity contribution in [3.05, 3.63) is 58.9 Å². The van der Waals surface area contributed by atoms with Crippen molar-refractivity contribution < 1.29 is 31.9 Å². The van der Waals surface area contributed by atoms with Crippen molar-refractivity contribution in [2.45, 2.75) is 31.1 Å². The van der Waals surface area contributed by atoms with E-state index in [1.165, 1.54) is 24.3 Å². The number of hydrogen-bond acceptors (Lipinski definition) is 4. The molecule has 1 heterocycles. The number of carbonyl (C=O) groups excluding carboxylic acids is 2. The number of rotatable bonds is 6. The van der Waals surface area contributed by atoms with Crippen molar-refractivity contribution in [2.75, 3.05) is 18.5 Å². The van der Waals surface area contributed by atoms with Gasteiger partial charge in [0.2, 0.25) is 5.91 Å². The predicted octanol–water partition coefficient (Wildman–Crippen LogP) is 3.75. The highest BCUT2D eigenvalue weighted by Crippen LogP contribution is 2.30. The second-order valence-corrected chi connectivity index (χ2v) is 7.64. The average Bonchev–Trinajstić information content (AvgIpc) is 2.74. The summed E-state index contributed by atoms with van der Waals surface area (Å²) in [6.45, 7) is -0.0287. The normalized spacial score (nSPS) is 18.7. The maximum Gasteiger partial charge on any atom is 0.416 e. The van der Waals surface area contributed by atoms with E-state index in [0.29, 0.717) is 19.4 Å².